The number of methoxy groups -OCH3 is 1. The van der Waals surface area contributed by atoms with Gasteiger partial charge in [-0.25, -0.2) is 9.78 Å². The number of aromatic nitrogens is 2. The van der Waals surface area contributed by atoms with Crippen molar-refractivity contribution in [3.63, 3.8) is 0 Å². The number of nitrogens with zero attached hydrogens (tertiary/aromatic N) is 2. The van der Waals surface area contributed by atoms with Crippen LogP contribution in [-0.4, -0.2) is 41.1 Å². The number of ether oxygens (including phenoxy) is 1. The van der Waals surface area contributed by atoms with Crippen LogP contribution in [0.15, 0.2) is 36.5 Å². The van der Waals surface area contributed by atoms with Crippen LogP contribution in [-0.2, 0) is 18.3 Å². The van der Waals surface area contributed by atoms with E-state index in [1.54, 1.807) is 25.4 Å². The molecule has 0 aliphatic carbocycles. The van der Waals surface area contributed by atoms with E-state index in [9.17, 15) is 4.79 Å². The van der Waals surface area contributed by atoms with E-state index in [-0.39, 0.29) is 11.4 Å². The molecule has 0 atom stereocenters. The Balaban J connectivity index is 1.79. The van der Waals surface area contributed by atoms with Gasteiger partial charge in [0.15, 0.2) is 0 Å². The van der Waals surface area contributed by atoms with Gasteiger partial charge in [0.1, 0.15) is 11.6 Å². The maximum atomic E-state index is 13.1. The second-order valence-electron chi connectivity index (χ2n) is 10.1. The van der Waals surface area contributed by atoms with Crippen molar-refractivity contribution in [2.24, 2.45) is 0 Å². The molecule has 2 heterocycles. The van der Waals surface area contributed by atoms with E-state index < -0.39 is 0 Å². The topological polar surface area (TPSA) is 70.2 Å². The van der Waals surface area contributed by atoms with Crippen LogP contribution < -0.4 is 10.1 Å². The third kappa shape index (κ3) is 6.65. The lowest BCUT2D eigenvalue weighted by Gasteiger charge is -2.32. The second kappa shape index (κ2) is 13.5. The molecule has 202 valence electrons. The molecule has 0 saturated heterocycles. The summed E-state index contributed by atoms with van der Waals surface area (Å²) in [6.07, 6.45) is 10.1. The number of unbranched alkanes of at least 4 members (excludes halogenated alkanes) is 1. The Morgan fingerprint density at radius 1 is 1.05 bits per heavy atom. The third-order valence-electron chi connectivity index (χ3n) is 7.88. The molecule has 1 aromatic carbocycles. The van der Waals surface area contributed by atoms with Gasteiger partial charge < -0.3 is 14.6 Å². The molecule has 3 rings (SSSR count). The number of hydrogen-bond acceptors (Lipinski definition) is 3. The van der Waals surface area contributed by atoms with Crippen LogP contribution in [0.3, 0.4) is 0 Å². The third-order valence-corrected chi connectivity index (χ3v) is 7.88. The molecule has 0 saturated carbocycles. The summed E-state index contributed by atoms with van der Waals surface area (Å²) in [4.78, 5) is 23.1. The van der Waals surface area contributed by atoms with Gasteiger partial charge in [-0.15, -0.1) is 0 Å². The van der Waals surface area contributed by atoms with E-state index in [1.807, 2.05) is 4.90 Å². The first-order chi connectivity index (χ1) is 17.9. The zero-order chi connectivity index (χ0) is 26.8. The van der Waals surface area contributed by atoms with Crippen molar-refractivity contribution in [2.45, 2.75) is 91.4 Å². The first-order valence-corrected chi connectivity index (χ1v) is 14.1. The minimum absolute atomic E-state index is 0.113. The van der Waals surface area contributed by atoms with Gasteiger partial charge in [0, 0.05) is 35.1 Å². The molecule has 6 nitrogen and oxygen atoms in total. The number of benzene rings is 1. The number of amides is 2. The number of nitrogens with one attached hydrogen (secondary N) is 2. The average molecular weight is 507 g/mol. The molecule has 0 aliphatic rings. The molecule has 0 spiro atoms. The summed E-state index contributed by atoms with van der Waals surface area (Å²) in [6.45, 7) is 12.7. The first kappa shape index (κ1) is 28.5. The molecule has 0 unspecified atom stereocenters. The monoisotopic (exact) mass is 506 g/mol. The lowest BCUT2D eigenvalue weighted by Crippen LogP contribution is -2.37. The fraction of sp³-hybridized carbons (Fsp3) is 0.548. The summed E-state index contributed by atoms with van der Waals surface area (Å²) < 4.78 is 5.16. The van der Waals surface area contributed by atoms with Gasteiger partial charge in [-0.3, -0.25) is 5.32 Å². The van der Waals surface area contributed by atoms with E-state index in [0.29, 0.717) is 18.1 Å². The number of pyridine rings is 1. The van der Waals surface area contributed by atoms with Crippen LogP contribution in [0.5, 0.6) is 5.75 Å². The lowest BCUT2D eigenvalue weighted by atomic mass is 9.74. The SMILES string of the molecule is CCCCN(CCc1ccc2c(CC)c(C(CC)(CC)CCC)[nH]c2c1)C(=O)Nc1ccc(OC)cn1. The van der Waals surface area contributed by atoms with Crippen molar-refractivity contribution in [1.82, 2.24) is 14.9 Å². The Morgan fingerprint density at radius 2 is 1.84 bits per heavy atom. The highest BCUT2D eigenvalue weighted by Gasteiger charge is 2.32. The lowest BCUT2D eigenvalue weighted by molar-refractivity contribution is 0.211. The highest BCUT2D eigenvalue weighted by molar-refractivity contribution is 5.88. The second-order valence-corrected chi connectivity index (χ2v) is 10.1. The van der Waals surface area contributed by atoms with E-state index in [1.165, 1.54) is 40.6 Å². The van der Waals surface area contributed by atoms with Gasteiger partial charge in [0.2, 0.25) is 0 Å². The predicted octanol–water partition coefficient (Wildman–Crippen LogP) is 7.87. The molecule has 2 N–H and O–H groups in total. The summed E-state index contributed by atoms with van der Waals surface area (Å²) in [5.41, 5.74) is 5.58. The standard InChI is InChI=1S/C31H46N4O2/c1-7-12-19-35(30(36)34-28-16-14-24(37-6)22-32-28)20-17-23-13-15-26-25(9-3)29(33-27(26)21-23)31(10-4,11-5)18-8-2/h13-16,21-22,33H,7-12,17-20H2,1-6H3,(H,32,34,36). The summed E-state index contributed by atoms with van der Waals surface area (Å²) in [7, 11) is 1.60. The molecule has 37 heavy (non-hydrogen) atoms. The van der Waals surface area contributed by atoms with Crippen LogP contribution in [0.2, 0.25) is 0 Å². The molecule has 0 aliphatic heterocycles. The average Bonchev–Trinajstić information content (AvgIpc) is 3.30. The van der Waals surface area contributed by atoms with E-state index in [2.05, 4.69) is 68.1 Å². The minimum Gasteiger partial charge on any atom is -0.495 e. The summed E-state index contributed by atoms with van der Waals surface area (Å²) in [5.74, 6) is 1.20. The minimum atomic E-state index is -0.113. The fourth-order valence-electron chi connectivity index (χ4n) is 5.53. The number of carbonyl (C=O) groups excluding carboxylic acids is 1. The number of H-pyrrole nitrogens is 1. The maximum absolute atomic E-state index is 13.1. The molecular formula is C31H46N4O2. The van der Waals surface area contributed by atoms with E-state index in [4.69, 9.17) is 4.74 Å². The van der Waals surface area contributed by atoms with E-state index >= 15 is 0 Å². The van der Waals surface area contributed by atoms with Crippen LogP contribution in [0.25, 0.3) is 10.9 Å². The van der Waals surface area contributed by atoms with Gasteiger partial charge in [-0.1, -0.05) is 59.6 Å². The Hall–Kier alpha value is -3.02. The highest BCUT2D eigenvalue weighted by atomic mass is 16.5. The Labute approximate surface area is 223 Å². The van der Waals surface area contributed by atoms with Crippen LogP contribution in [0, 0.1) is 0 Å². The van der Waals surface area contributed by atoms with E-state index in [0.717, 1.165) is 45.1 Å². The number of fused-ring (bicyclic) bond motifs is 1. The molecule has 0 radical (unpaired) electrons. The molecule has 0 fully saturated rings. The fourth-order valence-corrected chi connectivity index (χ4v) is 5.53. The van der Waals surface area contributed by atoms with Crippen molar-refractivity contribution < 1.29 is 9.53 Å². The van der Waals surface area contributed by atoms with Crippen LogP contribution >= 0.6 is 0 Å². The Morgan fingerprint density at radius 3 is 2.43 bits per heavy atom. The number of aromatic amines is 1. The maximum Gasteiger partial charge on any atom is 0.323 e. The van der Waals surface area contributed by atoms with Gasteiger partial charge in [-0.2, -0.15) is 0 Å². The number of anilines is 1. The molecule has 6 heteroatoms. The number of carbonyl (C=O) groups is 1. The number of aryl methyl sites for hydroxylation is 1. The van der Waals surface area contributed by atoms with Gasteiger partial charge in [0.25, 0.3) is 0 Å². The summed E-state index contributed by atoms with van der Waals surface area (Å²) >= 11 is 0. The Kier molecular flexibility index (Phi) is 10.4. The zero-order valence-electron chi connectivity index (χ0n) is 23.7. The molecular weight excluding hydrogens is 460 g/mol. The quantitative estimate of drug-likeness (QED) is 0.234. The first-order valence-electron chi connectivity index (χ1n) is 14.1. The highest BCUT2D eigenvalue weighted by Crippen LogP contribution is 2.40. The molecule has 0 bridgehead atoms. The summed E-state index contributed by atoms with van der Waals surface area (Å²) in [6, 6.07) is 10.3. The van der Waals surface area contributed by atoms with Crippen molar-refractivity contribution in [3.05, 3.63) is 53.3 Å². The van der Waals surface area contributed by atoms with Crippen molar-refractivity contribution >= 4 is 22.8 Å². The molecule has 3 aromatic rings. The predicted molar refractivity (Wildman–Crippen MR) is 155 cm³/mol. The number of urea groups is 1. The van der Waals surface area contributed by atoms with Gasteiger partial charge >= 0.3 is 6.03 Å². The van der Waals surface area contributed by atoms with Crippen molar-refractivity contribution in [1.29, 1.82) is 0 Å². The summed E-state index contributed by atoms with van der Waals surface area (Å²) in [5, 5.41) is 4.28. The molecule has 2 amide bonds. The van der Waals surface area contributed by atoms with Crippen LogP contribution in [0.4, 0.5) is 10.6 Å². The van der Waals surface area contributed by atoms with Crippen LogP contribution in [0.1, 0.15) is 90.0 Å². The van der Waals surface area contributed by atoms with Crippen molar-refractivity contribution in [2.75, 3.05) is 25.5 Å². The van der Waals surface area contributed by atoms with Gasteiger partial charge in [-0.05, 0) is 67.9 Å². The number of rotatable bonds is 14. The Bertz CT molecular complexity index is 1130. The zero-order valence-corrected chi connectivity index (χ0v) is 23.7. The largest absolute Gasteiger partial charge is 0.495 e. The normalized spacial score (nSPS) is 11.6. The van der Waals surface area contributed by atoms with Gasteiger partial charge in [0.05, 0.1) is 13.3 Å². The number of hydrogen-bond donors (Lipinski definition) is 2. The molecule has 2 aromatic heterocycles. The van der Waals surface area contributed by atoms with Crippen molar-refractivity contribution in [3.8, 4) is 5.75 Å². The smallest absolute Gasteiger partial charge is 0.323 e.